The van der Waals surface area contributed by atoms with Gasteiger partial charge >= 0.3 is 0 Å². The van der Waals surface area contributed by atoms with Crippen LogP contribution in [0.4, 0.5) is 4.39 Å². The first-order valence-corrected chi connectivity index (χ1v) is 13.0. The minimum Gasteiger partial charge on any atom is -0.503 e. The Bertz CT molecular complexity index is 772. The van der Waals surface area contributed by atoms with Crippen LogP contribution in [-0.4, -0.2) is 28.2 Å². The molecule has 0 aromatic heterocycles. The lowest BCUT2D eigenvalue weighted by Crippen LogP contribution is -2.32. The van der Waals surface area contributed by atoms with Crippen molar-refractivity contribution in [3.8, 4) is 0 Å². The van der Waals surface area contributed by atoms with Gasteiger partial charge in [0.05, 0.1) is 11.6 Å². The molecule has 0 aliphatic carbocycles. The molecule has 184 valence electrons. The Kier molecular flexibility index (Phi) is 12.2. The monoisotopic (exact) mass is 459 g/mol. The van der Waals surface area contributed by atoms with Crippen molar-refractivity contribution in [1.82, 2.24) is 4.90 Å². The van der Waals surface area contributed by atoms with E-state index < -0.39 is 17.7 Å². The van der Waals surface area contributed by atoms with E-state index in [1.807, 2.05) is 0 Å². The number of ketones is 1. The minimum absolute atomic E-state index is 0.108. The number of hydrogen-bond donors (Lipinski definition) is 1. The number of benzene rings is 1. The molecule has 4 nitrogen and oxygen atoms in total. The SMILES string of the molecule is CCCCCCCCCCCCCCCCN1C(=O)C(O)=C(C(C)=O)[C@H]1c1ccc(F)cc1. The summed E-state index contributed by atoms with van der Waals surface area (Å²) in [5.41, 5.74) is 0.751. The Morgan fingerprint density at radius 1 is 0.848 bits per heavy atom. The van der Waals surface area contributed by atoms with Crippen molar-refractivity contribution in [3.63, 3.8) is 0 Å². The first-order chi connectivity index (χ1) is 16.0. The summed E-state index contributed by atoms with van der Waals surface area (Å²) in [4.78, 5) is 26.3. The Morgan fingerprint density at radius 2 is 1.30 bits per heavy atom. The van der Waals surface area contributed by atoms with Crippen LogP contribution in [0.2, 0.25) is 0 Å². The van der Waals surface area contributed by atoms with E-state index in [0.29, 0.717) is 12.1 Å². The fraction of sp³-hybridized carbons (Fsp3) is 0.643. The van der Waals surface area contributed by atoms with Gasteiger partial charge in [0, 0.05) is 6.54 Å². The summed E-state index contributed by atoms with van der Waals surface area (Å²) < 4.78 is 13.4. The molecule has 1 N–H and O–H groups in total. The molecule has 0 saturated carbocycles. The molecule has 1 aromatic rings. The fourth-order valence-electron chi connectivity index (χ4n) is 4.71. The van der Waals surface area contributed by atoms with Gasteiger partial charge in [0.25, 0.3) is 5.91 Å². The number of carbonyl (C=O) groups is 2. The third kappa shape index (κ3) is 8.60. The number of amides is 1. The van der Waals surface area contributed by atoms with E-state index in [1.54, 1.807) is 17.0 Å². The van der Waals surface area contributed by atoms with E-state index in [1.165, 1.54) is 89.7 Å². The fourth-order valence-corrected chi connectivity index (χ4v) is 4.71. The number of halogens is 1. The van der Waals surface area contributed by atoms with Gasteiger partial charge in [-0.2, -0.15) is 0 Å². The molecule has 2 rings (SSSR count). The zero-order chi connectivity index (χ0) is 24.1. The van der Waals surface area contributed by atoms with E-state index in [4.69, 9.17) is 0 Å². The predicted molar refractivity (Wildman–Crippen MR) is 132 cm³/mol. The number of Topliss-reactive ketones (excluding diaryl/α,β-unsaturated/α-hetero) is 1. The van der Waals surface area contributed by atoms with Gasteiger partial charge in [-0.05, 0) is 31.0 Å². The maximum absolute atomic E-state index is 13.4. The summed E-state index contributed by atoms with van der Waals surface area (Å²) in [5, 5.41) is 10.3. The molecule has 1 heterocycles. The highest BCUT2D eigenvalue weighted by Gasteiger charge is 2.41. The van der Waals surface area contributed by atoms with Gasteiger partial charge in [-0.15, -0.1) is 0 Å². The molecule has 0 saturated heterocycles. The lowest BCUT2D eigenvalue weighted by Gasteiger charge is -2.26. The van der Waals surface area contributed by atoms with Gasteiger partial charge in [0.2, 0.25) is 0 Å². The van der Waals surface area contributed by atoms with Crippen LogP contribution in [0.25, 0.3) is 0 Å². The highest BCUT2D eigenvalue weighted by molar-refractivity contribution is 6.08. The summed E-state index contributed by atoms with van der Waals surface area (Å²) in [7, 11) is 0. The average Bonchev–Trinajstić information content (AvgIpc) is 3.05. The molecule has 0 unspecified atom stereocenters. The van der Waals surface area contributed by atoms with Gasteiger partial charge in [-0.3, -0.25) is 9.59 Å². The number of carbonyl (C=O) groups excluding carboxylic acids is 2. The summed E-state index contributed by atoms with van der Waals surface area (Å²) in [6, 6.07) is 5.15. The van der Waals surface area contributed by atoms with Gasteiger partial charge in [-0.1, -0.05) is 103 Å². The number of nitrogens with zero attached hydrogens (tertiary/aromatic N) is 1. The number of rotatable bonds is 17. The molecule has 33 heavy (non-hydrogen) atoms. The Morgan fingerprint density at radius 3 is 1.76 bits per heavy atom. The van der Waals surface area contributed by atoms with Crippen molar-refractivity contribution in [1.29, 1.82) is 0 Å². The van der Waals surface area contributed by atoms with Crippen LogP contribution >= 0.6 is 0 Å². The third-order valence-electron chi connectivity index (χ3n) is 6.62. The van der Waals surface area contributed by atoms with E-state index in [0.717, 1.165) is 19.3 Å². The molecule has 1 aliphatic heterocycles. The normalized spacial score (nSPS) is 16.2. The quantitative estimate of drug-likeness (QED) is 0.244. The van der Waals surface area contributed by atoms with E-state index in [-0.39, 0.29) is 17.2 Å². The van der Waals surface area contributed by atoms with E-state index in [9.17, 15) is 19.1 Å². The molecule has 0 fully saturated rings. The molecule has 5 heteroatoms. The van der Waals surface area contributed by atoms with Crippen LogP contribution in [0.5, 0.6) is 0 Å². The Labute approximate surface area is 199 Å². The molecule has 0 radical (unpaired) electrons. The average molecular weight is 460 g/mol. The number of hydrogen-bond acceptors (Lipinski definition) is 3. The molecule has 1 atom stereocenters. The molecule has 0 bridgehead atoms. The van der Waals surface area contributed by atoms with Gasteiger partial charge in [0.15, 0.2) is 11.5 Å². The van der Waals surface area contributed by atoms with Crippen LogP contribution in [0.3, 0.4) is 0 Å². The molecule has 1 aliphatic rings. The smallest absolute Gasteiger partial charge is 0.290 e. The minimum atomic E-state index is -0.641. The molecule has 1 amide bonds. The van der Waals surface area contributed by atoms with Crippen molar-refractivity contribution < 1.29 is 19.1 Å². The number of unbranched alkanes of at least 4 members (excludes halogenated alkanes) is 13. The van der Waals surface area contributed by atoms with E-state index >= 15 is 0 Å². The van der Waals surface area contributed by atoms with Crippen LogP contribution in [0, 0.1) is 5.82 Å². The second-order valence-corrected chi connectivity index (χ2v) is 9.37. The zero-order valence-corrected chi connectivity index (χ0v) is 20.6. The standard InChI is InChI=1S/C28H42FNO3/c1-3-4-5-6-7-8-9-10-11-12-13-14-15-16-21-30-26(23-17-19-24(29)20-18-23)25(22(2)31)27(32)28(30)33/h17-20,26,32H,3-16,21H2,1-2H3/t26-/m1/s1. The van der Waals surface area contributed by atoms with Crippen LogP contribution in [-0.2, 0) is 9.59 Å². The van der Waals surface area contributed by atoms with Gasteiger partial charge in [0.1, 0.15) is 5.82 Å². The lowest BCUT2D eigenvalue weighted by molar-refractivity contribution is -0.129. The van der Waals surface area contributed by atoms with Gasteiger partial charge < -0.3 is 10.0 Å². The Hall–Kier alpha value is -2.17. The lowest BCUT2D eigenvalue weighted by atomic mass is 9.96. The highest BCUT2D eigenvalue weighted by atomic mass is 19.1. The topological polar surface area (TPSA) is 57.6 Å². The molecule has 1 aromatic carbocycles. The largest absolute Gasteiger partial charge is 0.503 e. The van der Waals surface area contributed by atoms with Crippen LogP contribution in [0.15, 0.2) is 35.6 Å². The van der Waals surface area contributed by atoms with Crippen molar-refractivity contribution in [2.75, 3.05) is 6.54 Å². The van der Waals surface area contributed by atoms with Crippen molar-refractivity contribution in [2.24, 2.45) is 0 Å². The number of aliphatic hydroxyl groups excluding tert-OH is 1. The maximum Gasteiger partial charge on any atom is 0.290 e. The summed E-state index contributed by atoms with van der Waals surface area (Å²) >= 11 is 0. The summed E-state index contributed by atoms with van der Waals surface area (Å²) in [5.74, 6) is -1.69. The molecule has 0 spiro atoms. The molecular formula is C28H42FNO3. The Balaban J connectivity index is 1.68. The second-order valence-electron chi connectivity index (χ2n) is 9.37. The van der Waals surface area contributed by atoms with Crippen molar-refractivity contribution in [2.45, 2.75) is 110 Å². The third-order valence-corrected chi connectivity index (χ3v) is 6.62. The second kappa shape index (κ2) is 14.9. The molecular weight excluding hydrogens is 417 g/mol. The van der Waals surface area contributed by atoms with Crippen LogP contribution in [0.1, 0.15) is 115 Å². The van der Waals surface area contributed by atoms with Crippen LogP contribution < -0.4 is 0 Å². The zero-order valence-electron chi connectivity index (χ0n) is 20.6. The first-order valence-electron chi connectivity index (χ1n) is 13.0. The highest BCUT2D eigenvalue weighted by Crippen LogP contribution is 2.37. The summed E-state index contributed by atoms with van der Waals surface area (Å²) in [6.45, 7) is 4.08. The number of aliphatic hydroxyl groups is 1. The van der Waals surface area contributed by atoms with Crippen molar-refractivity contribution in [3.05, 3.63) is 47.0 Å². The summed E-state index contributed by atoms with van der Waals surface area (Å²) in [6.07, 6.45) is 17.6. The van der Waals surface area contributed by atoms with Crippen molar-refractivity contribution >= 4 is 11.7 Å². The van der Waals surface area contributed by atoms with E-state index in [2.05, 4.69) is 6.92 Å². The van der Waals surface area contributed by atoms with Gasteiger partial charge in [-0.25, -0.2) is 4.39 Å². The predicted octanol–water partition coefficient (Wildman–Crippen LogP) is 7.59. The first kappa shape index (κ1) is 27.1. The maximum atomic E-state index is 13.4.